The Morgan fingerprint density at radius 2 is 2.05 bits per heavy atom. The normalized spacial score (nSPS) is 10.5. The molecule has 0 unspecified atom stereocenters. The number of nitrogens with zero attached hydrogens (tertiary/aromatic N) is 3. The van der Waals surface area contributed by atoms with Crippen LogP contribution in [0.4, 0.5) is 0 Å². The van der Waals surface area contributed by atoms with Crippen molar-refractivity contribution in [3.05, 3.63) is 64.6 Å². The molecule has 5 heteroatoms. The first-order valence-corrected chi connectivity index (χ1v) is 6.78. The maximum absolute atomic E-state index is 9.37. The number of nitriles is 1. The first-order chi connectivity index (χ1) is 10.2. The van der Waals surface area contributed by atoms with Gasteiger partial charge >= 0.3 is 0 Å². The second-order valence-electron chi connectivity index (χ2n) is 4.62. The van der Waals surface area contributed by atoms with Gasteiger partial charge in [0.15, 0.2) is 0 Å². The van der Waals surface area contributed by atoms with Crippen LogP contribution < -0.4 is 4.74 Å². The number of aromatic nitrogens is 2. The summed E-state index contributed by atoms with van der Waals surface area (Å²) in [5.74, 6) is 0.807. The number of rotatable bonds is 3. The quantitative estimate of drug-likeness (QED) is 0.744. The van der Waals surface area contributed by atoms with E-state index >= 15 is 0 Å². The summed E-state index contributed by atoms with van der Waals surface area (Å²) < 4.78 is 6.89. The maximum Gasteiger partial charge on any atom is 0.148 e. The van der Waals surface area contributed by atoms with Crippen LogP contribution in [0.5, 0.6) is 5.75 Å². The third-order valence-electron chi connectivity index (χ3n) is 3.30. The summed E-state index contributed by atoms with van der Waals surface area (Å²) in [6.07, 6.45) is 2.35. The molecule has 0 radical (unpaired) electrons. The first-order valence-electron chi connectivity index (χ1n) is 6.41. The van der Waals surface area contributed by atoms with E-state index in [2.05, 4.69) is 11.1 Å². The highest BCUT2D eigenvalue weighted by atomic mass is 35.5. The van der Waals surface area contributed by atoms with Crippen molar-refractivity contribution in [2.24, 2.45) is 0 Å². The van der Waals surface area contributed by atoms with Crippen LogP contribution >= 0.6 is 11.6 Å². The Morgan fingerprint density at radius 3 is 2.71 bits per heavy atom. The summed E-state index contributed by atoms with van der Waals surface area (Å²) in [6.45, 7) is 0. The predicted octanol–water partition coefficient (Wildman–Crippen LogP) is 3.46. The lowest BCUT2D eigenvalue weighted by Crippen LogP contribution is -1.94. The largest absolute Gasteiger partial charge is 0.497 e. The number of hydrogen-bond acceptors (Lipinski definition) is 3. The molecule has 0 amide bonds. The van der Waals surface area contributed by atoms with Crippen LogP contribution in [0, 0.1) is 11.3 Å². The summed E-state index contributed by atoms with van der Waals surface area (Å²) in [4.78, 5) is 4.51. The van der Waals surface area contributed by atoms with Gasteiger partial charge < -0.3 is 4.74 Å². The third-order valence-corrected chi connectivity index (χ3v) is 3.53. The van der Waals surface area contributed by atoms with E-state index in [9.17, 15) is 5.26 Å². The predicted molar refractivity (Wildman–Crippen MR) is 80.7 cm³/mol. The van der Waals surface area contributed by atoms with Crippen LogP contribution in [-0.2, 0) is 6.42 Å². The van der Waals surface area contributed by atoms with Crippen LogP contribution in [0.1, 0.15) is 17.0 Å². The third kappa shape index (κ3) is 2.56. The zero-order valence-electron chi connectivity index (χ0n) is 11.4. The molecule has 0 atom stereocenters. The van der Waals surface area contributed by atoms with Gasteiger partial charge in [-0.25, -0.2) is 4.98 Å². The van der Waals surface area contributed by atoms with E-state index in [1.807, 2.05) is 24.3 Å². The molecule has 0 bridgehead atoms. The molecule has 4 nitrogen and oxygen atoms in total. The van der Waals surface area contributed by atoms with Crippen LogP contribution in [0.3, 0.4) is 0 Å². The van der Waals surface area contributed by atoms with E-state index in [0.29, 0.717) is 22.8 Å². The highest BCUT2D eigenvalue weighted by molar-refractivity contribution is 6.30. The zero-order chi connectivity index (χ0) is 14.8. The molecule has 0 aliphatic heterocycles. The number of pyridine rings is 1. The molecule has 0 aliphatic carbocycles. The number of benzene rings is 1. The fourth-order valence-corrected chi connectivity index (χ4v) is 2.40. The Hall–Kier alpha value is -2.51. The average Bonchev–Trinajstić information content (AvgIpc) is 2.84. The van der Waals surface area contributed by atoms with Crippen molar-refractivity contribution in [3.8, 4) is 11.8 Å². The summed E-state index contributed by atoms with van der Waals surface area (Å²) in [6, 6.07) is 13.4. The molecule has 3 aromatic rings. The van der Waals surface area contributed by atoms with Crippen LogP contribution in [0.15, 0.2) is 42.6 Å². The van der Waals surface area contributed by atoms with Crippen molar-refractivity contribution in [3.63, 3.8) is 0 Å². The van der Waals surface area contributed by atoms with Crippen molar-refractivity contribution in [1.29, 1.82) is 5.26 Å². The molecule has 0 spiro atoms. The van der Waals surface area contributed by atoms with Gasteiger partial charge in [0.25, 0.3) is 0 Å². The second-order valence-corrected chi connectivity index (χ2v) is 5.05. The van der Waals surface area contributed by atoms with Crippen LogP contribution in [-0.4, -0.2) is 16.5 Å². The Bertz CT molecular complexity index is 831. The van der Waals surface area contributed by atoms with E-state index in [1.54, 1.807) is 29.8 Å². The van der Waals surface area contributed by atoms with Crippen molar-refractivity contribution in [1.82, 2.24) is 9.38 Å². The minimum Gasteiger partial charge on any atom is -0.497 e. The summed E-state index contributed by atoms with van der Waals surface area (Å²) in [5.41, 5.74) is 3.03. The lowest BCUT2D eigenvalue weighted by atomic mass is 10.1. The molecule has 0 N–H and O–H groups in total. The molecule has 0 saturated carbocycles. The lowest BCUT2D eigenvalue weighted by molar-refractivity contribution is 0.414. The zero-order valence-corrected chi connectivity index (χ0v) is 12.1. The first kappa shape index (κ1) is 13.5. The second kappa shape index (κ2) is 5.47. The molecule has 104 valence electrons. The molecule has 21 heavy (non-hydrogen) atoms. The molecular weight excluding hydrogens is 286 g/mol. The maximum atomic E-state index is 9.37. The van der Waals surface area contributed by atoms with Crippen molar-refractivity contribution in [2.45, 2.75) is 6.42 Å². The monoisotopic (exact) mass is 297 g/mol. The molecule has 1 aromatic carbocycles. The van der Waals surface area contributed by atoms with E-state index < -0.39 is 0 Å². The van der Waals surface area contributed by atoms with E-state index in [-0.39, 0.29) is 0 Å². The van der Waals surface area contributed by atoms with Gasteiger partial charge in [-0.3, -0.25) is 4.40 Å². The Labute approximate surface area is 127 Å². The lowest BCUT2D eigenvalue weighted by Gasteiger charge is -2.02. The number of fused-ring (bicyclic) bond motifs is 1. The van der Waals surface area contributed by atoms with Gasteiger partial charge in [0.05, 0.1) is 12.8 Å². The fourth-order valence-electron chi connectivity index (χ4n) is 2.25. The highest BCUT2D eigenvalue weighted by Gasteiger charge is 2.12. The van der Waals surface area contributed by atoms with Gasteiger partial charge in [0, 0.05) is 23.7 Å². The number of ether oxygens (including phenoxy) is 1. The van der Waals surface area contributed by atoms with Gasteiger partial charge in [0.1, 0.15) is 23.2 Å². The summed E-state index contributed by atoms with van der Waals surface area (Å²) in [5, 5.41) is 9.98. The molecule has 0 saturated heterocycles. The van der Waals surface area contributed by atoms with E-state index in [0.717, 1.165) is 17.0 Å². The minimum absolute atomic E-state index is 0.539. The van der Waals surface area contributed by atoms with Crippen LogP contribution in [0.25, 0.3) is 5.65 Å². The van der Waals surface area contributed by atoms with E-state index in [4.69, 9.17) is 16.3 Å². The van der Waals surface area contributed by atoms with Crippen molar-refractivity contribution < 1.29 is 4.74 Å². The molecule has 0 fully saturated rings. The van der Waals surface area contributed by atoms with Gasteiger partial charge in [-0.15, -0.1) is 0 Å². The standard InChI is InChI=1S/C16H12ClN3O/c1-21-13-4-2-11(3-5-13)8-14-15(10-18)20-7-6-12(17)9-16(20)19-14/h2-7,9H,8H2,1H3. The molecular formula is C16H12ClN3O. The molecule has 2 heterocycles. The Morgan fingerprint density at radius 1 is 1.29 bits per heavy atom. The molecule has 2 aromatic heterocycles. The summed E-state index contributed by atoms with van der Waals surface area (Å²) >= 11 is 5.97. The van der Waals surface area contributed by atoms with Gasteiger partial charge in [-0.05, 0) is 23.8 Å². The number of methoxy groups -OCH3 is 1. The Balaban J connectivity index is 2.01. The number of hydrogen-bond donors (Lipinski definition) is 0. The molecule has 0 aliphatic rings. The fraction of sp³-hybridized carbons (Fsp3) is 0.125. The molecule has 3 rings (SSSR count). The minimum atomic E-state index is 0.539. The summed E-state index contributed by atoms with van der Waals surface area (Å²) in [7, 11) is 1.63. The van der Waals surface area contributed by atoms with Crippen molar-refractivity contribution >= 4 is 17.2 Å². The van der Waals surface area contributed by atoms with Gasteiger partial charge in [-0.1, -0.05) is 23.7 Å². The Kier molecular flexibility index (Phi) is 3.51. The topological polar surface area (TPSA) is 50.3 Å². The average molecular weight is 298 g/mol. The highest BCUT2D eigenvalue weighted by Crippen LogP contribution is 2.20. The van der Waals surface area contributed by atoms with Gasteiger partial charge in [-0.2, -0.15) is 5.26 Å². The van der Waals surface area contributed by atoms with Crippen molar-refractivity contribution in [2.75, 3.05) is 7.11 Å². The van der Waals surface area contributed by atoms with E-state index in [1.165, 1.54) is 0 Å². The van der Waals surface area contributed by atoms with Crippen LogP contribution in [0.2, 0.25) is 5.02 Å². The number of halogens is 1. The SMILES string of the molecule is COc1ccc(Cc2nc3cc(Cl)ccn3c2C#N)cc1. The van der Waals surface area contributed by atoms with Gasteiger partial charge in [0.2, 0.25) is 0 Å². The number of imidazole rings is 1. The smallest absolute Gasteiger partial charge is 0.148 e.